The van der Waals surface area contributed by atoms with E-state index >= 15 is 0 Å². The minimum absolute atomic E-state index is 0.0572. The fourth-order valence-electron chi connectivity index (χ4n) is 3.50. The second-order valence-corrected chi connectivity index (χ2v) is 5.53. The summed E-state index contributed by atoms with van der Waals surface area (Å²) in [4.78, 5) is 10.6. The Hall–Kier alpha value is -2.09. The van der Waals surface area contributed by atoms with Crippen molar-refractivity contribution in [2.24, 2.45) is 11.8 Å². The summed E-state index contributed by atoms with van der Waals surface area (Å²) in [5.74, 6) is 1.41. The molecule has 98 valence electrons. The van der Waals surface area contributed by atoms with Crippen LogP contribution in [0, 0.1) is 33.3 Å². The summed E-state index contributed by atoms with van der Waals surface area (Å²) in [7, 11) is 0. The van der Waals surface area contributed by atoms with Gasteiger partial charge in [0.05, 0.1) is 16.6 Å². The SMILES string of the molecule is N#Cc1ccc([N+](=O)[O-])c(NC2CC3CCC2C3)c1. The predicted octanol–water partition coefficient (Wildman–Crippen LogP) is 3.07. The fraction of sp³-hybridized carbons (Fsp3) is 0.500. The first-order valence-corrected chi connectivity index (χ1v) is 6.62. The normalized spacial score (nSPS) is 28.1. The molecule has 0 amide bonds. The molecule has 2 saturated carbocycles. The molecule has 0 radical (unpaired) electrons. The smallest absolute Gasteiger partial charge is 0.292 e. The Bertz CT molecular complexity index is 564. The molecule has 1 aromatic carbocycles. The Morgan fingerprint density at radius 3 is 2.79 bits per heavy atom. The van der Waals surface area contributed by atoms with E-state index in [0.717, 1.165) is 12.3 Å². The standard InChI is InChI=1S/C14H15N3O2/c15-8-10-2-4-14(17(18)19)13(7-10)16-12-6-9-1-3-11(12)5-9/h2,4,7,9,11-12,16H,1,3,5-6H2. The highest BCUT2D eigenvalue weighted by Crippen LogP contribution is 2.46. The highest BCUT2D eigenvalue weighted by Gasteiger charge is 2.40. The van der Waals surface area contributed by atoms with E-state index in [2.05, 4.69) is 5.32 Å². The molecule has 0 heterocycles. The van der Waals surface area contributed by atoms with Crippen molar-refractivity contribution in [2.75, 3.05) is 5.32 Å². The van der Waals surface area contributed by atoms with Gasteiger partial charge in [0.15, 0.2) is 0 Å². The number of nitro benzene ring substituents is 1. The zero-order chi connectivity index (χ0) is 13.4. The van der Waals surface area contributed by atoms with Crippen LogP contribution in [-0.2, 0) is 0 Å². The Kier molecular flexibility index (Phi) is 2.86. The van der Waals surface area contributed by atoms with E-state index in [4.69, 9.17) is 5.26 Å². The summed E-state index contributed by atoms with van der Waals surface area (Å²) >= 11 is 0. The molecule has 1 aromatic rings. The quantitative estimate of drug-likeness (QED) is 0.666. The zero-order valence-corrected chi connectivity index (χ0v) is 10.5. The Balaban J connectivity index is 1.86. The number of benzene rings is 1. The molecule has 3 unspecified atom stereocenters. The number of nitrogens with one attached hydrogen (secondary N) is 1. The first-order valence-electron chi connectivity index (χ1n) is 6.62. The minimum Gasteiger partial charge on any atom is -0.376 e. The molecule has 0 saturated heterocycles. The molecule has 19 heavy (non-hydrogen) atoms. The van der Waals surface area contributed by atoms with Gasteiger partial charge >= 0.3 is 0 Å². The maximum atomic E-state index is 11.0. The van der Waals surface area contributed by atoms with Crippen molar-refractivity contribution < 1.29 is 4.92 Å². The molecule has 2 aliphatic carbocycles. The lowest BCUT2D eigenvalue weighted by atomic mass is 9.95. The number of nitriles is 1. The van der Waals surface area contributed by atoms with Gasteiger partial charge in [-0.1, -0.05) is 6.42 Å². The van der Waals surface area contributed by atoms with Crippen LogP contribution in [0.3, 0.4) is 0 Å². The van der Waals surface area contributed by atoms with Gasteiger partial charge in [0.2, 0.25) is 0 Å². The van der Waals surface area contributed by atoms with Crippen LogP contribution in [0.4, 0.5) is 11.4 Å². The molecule has 0 aromatic heterocycles. The summed E-state index contributed by atoms with van der Waals surface area (Å²) in [6, 6.07) is 6.84. The molecule has 2 bridgehead atoms. The van der Waals surface area contributed by atoms with Crippen LogP contribution >= 0.6 is 0 Å². The van der Waals surface area contributed by atoms with Gasteiger partial charge in [0.1, 0.15) is 5.69 Å². The van der Waals surface area contributed by atoms with Crippen LogP contribution in [-0.4, -0.2) is 11.0 Å². The lowest BCUT2D eigenvalue weighted by molar-refractivity contribution is -0.384. The fourth-order valence-corrected chi connectivity index (χ4v) is 3.50. The Morgan fingerprint density at radius 2 is 2.21 bits per heavy atom. The first-order chi connectivity index (χ1) is 9.17. The number of rotatable bonds is 3. The minimum atomic E-state index is -0.392. The van der Waals surface area contributed by atoms with E-state index < -0.39 is 4.92 Å². The summed E-state index contributed by atoms with van der Waals surface area (Å²) in [6.45, 7) is 0. The number of nitro groups is 1. The average Bonchev–Trinajstić information content (AvgIpc) is 3.00. The van der Waals surface area contributed by atoms with Crippen LogP contribution in [0.5, 0.6) is 0 Å². The topological polar surface area (TPSA) is 79.0 Å². The zero-order valence-electron chi connectivity index (χ0n) is 10.5. The first kappa shape index (κ1) is 12.0. The monoisotopic (exact) mass is 257 g/mol. The molecule has 5 nitrogen and oxygen atoms in total. The van der Waals surface area contributed by atoms with E-state index in [9.17, 15) is 10.1 Å². The van der Waals surface area contributed by atoms with Gasteiger partial charge in [-0.3, -0.25) is 10.1 Å². The highest BCUT2D eigenvalue weighted by atomic mass is 16.6. The van der Waals surface area contributed by atoms with Crippen molar-refractivity contribution in [1.29, 1.82) is 5.26 Å². The van der Waals surface area contributed by atoms with Crippen LogP contribution in [0.15, 0.2) is 18.2 Å². The molecular weight excluding hydrogens is 242 g/mol. The van der Waals surface area contributed by atoms with E-state index in [1.165, 1.54) is 31.4 Å². The molecule has 0 aliphatic heterocycles. The van der Waals surface area contributed by atoms with Gasteiger partial charge in [-0.25, -0.2) is 0 Å². The summed E-state index contributed by atoms with van der Waals surface area (Å²) < 4.78 is 0. The molecule has 2 aliphatic rings. The second kappa shape index (κ2) is 4.54. The van der Waals surface area contributed by atoms with Crippen molar-refractivity contribution in [2.45, 2.75) is 31.7 Å². The predicted molar refractivity (Wildman–Crippen MR) is 70.7 cm³/mol. The number of anilines is 1. The molecule has 5 heteroatoms. The van der Waals surface area contributed by atoms with Gasteiger partial charge in [0.25, 0.3) is 5.69 Å². The molecule has 0 spiro atoms. The van der Waals surface area contributed by atoms with E-state index in [1.54, 1.807) is 6.07 Å². The molecule has 1 N–H and O–H groups in total. The highest BCUT2D eigenvalue weighted by molar-refractivity contribution is 5.65. The lowest BCUT2D eigenvalue weighted by Crippen LogP contribution is -2.26. The number of hydrogen-bond donors (Lipinski definition) is 1. The van der Waals surface area contributed by atoms with Crippen LogP contribution in [0.2, 0.25) is 0 Å². The largest absolute Gasteiger partial charge is 0.376 e. The number of fused-ring (bicyclic) bond motifs is 2. The lowest BCUT2D eigenvalue weighted by Gasteiger charge is -2.23. The maximum absolute atomic E-state index is 11.0. The van der Waals surface area contributed by atoms with Crippen LogP contribution in [0.1, 0.15) is 31.2 Å². The third-order valence-corrected chi connectivity index (χ3v) is 4.40. The molecule has 3 atom stereocenters. The van der Waals surface area contributed by atoms with Crippen molar-refractivity contribution in [3.8, 4) is 6.07 Å². The average molecular weight is 257 g/mol. The second-order valence-electron chi connectivity index (χ2n) is 5.53. The van der Waals surface area contributed by atoms with Crippen LogP contribution < -0.4 is 5.32 Å². The maximum Gasteiger partial charge on any atom is 0.292 e. The summed E-state index contributed by atoms with van der Waals surface area (Å²) in [5, 5.41) is 23.3. The summed E-state index contributed by atoms with van der Waals surface area (Å²) in [5.41, 5.74) is 1.000. The third kappa shape index (κ3) is 2.14. The third-order valence-electron chi connectivity index (χ3n) is 4.40. The van der Waals surface area contributed by atoms with Crippen molar-refractivity contribution in [3.05, 3.63) is 33.9 Å². The van der Waals surface area contributed by atoms with Gasteiger partial charge < -0.3 is 5.32 Å². The van der Waals surface area contributed by atoms with E-state index in [0.29, 0.717) is 23.2 Å². The van der Waals surface area contributed by atoms with Crippen molar-refractivity contribution in [3.63, 3.8) is 0 Å². The molecule has 3 rings (SSSR count). The molecular formula is C14H15N3O2. The van der Waals surface area contributed by atoms with Gasteiger partial charge in [0, 0.05) is 12.1 Å². The summed E-state index contributed by atoms with van der Waals surface area (Å²) in [6.07, 6.45) is 4.85. The van der Waals surface area contributed by atoms with Crippen LogP contribution in [0.25, 0.3) is 0 Å². The Labute approximate surface area is 111 Å². The number of nitrogens with zero attached hydrogens (tertiary/aromatic N) is 2. The number of hydrogen-bond acceptors (Lipinski definition) is 4. The van der Waals surface area contributed by atoms with Crippen molar-refractivity contribution in [1.82, 2.24) is 0 Å². The van der Waals surface area contributed by atoms with E-state index in [1.807, 2.05) is 6.07 Å². The molecule has 2 fully saturated rings. The Morgan fingerprint density at radius 1 is 1.37 bits per heavy atom. The van der Waals surface area contributed by atoms with E-state index in [-0.39, 0.29) is 5.69 Å². The van der Waals surface area contributed by atoms with Crippen molar-refractivity contribution >= 4 is 11.4 Å². The van der Waals surface area contributed by atoms with Gasteiger partial charge in [-0.2, -0.15) is 5.26 Å². The van der Waals surface area contributed by atoms with Gasteiger partial charge in [-0.15, -0.1) is 0 Å². The van der Waals surface area contributed by atoms with Gasteiger partial charge in [-0.05, 0) is 43.2 Å².